The van der Waals surface area contributed by atoms with Crippen LogP contribution in [-0.2, 0) is 0 Å². The summed E-state index contributed by atoms with van der Waals surface area (Å²) in [6, 6.07) is 0. The third-order valence-electron chi connectivity index (χ3n) is 1.15. The molecular weight excluding hydrogens is 194 g/mol. The van der Waals surface area contributed by atoms with E-state index in [4.69, 9.17) is 25.7 Å². The molecule has 0 fully saturated rings. The van der Waals surface area contributed by atoms with Crippen LogP contribution in [0.4, 0.5) is 0 Å². The molecule has 0 bridgehead atoms. The summed E-state index contributed by atoms with van der Waals surface area (Å²) in [4.78, 5) is 3.80. The zero-order valence-corrected chi connectivity index (χ0v) is 8.13. The van der Waals surface area contributed by atoms with E-state index in [9.17, 15) is 0 Å². The first-order valence-electron chi connectivity index (χ1n) is 3.79. The number of nitrogens with one attached hydrogen (secondary N) is 1. The molecule has 0 aromatic rings. The highest BCUT2D eigenvalue weighted by molar-refractivity contribution is 8.21. The van der Waals surface area contributed by atoms with Crippen LogP contribution in [0.25, 0.3) is 0 Å². The van der Waals surface area contributed by atoms with Crippen LogP contribution >= 0.6 is 11.0 Å². The molecule has 0 saturated heterocycles. The minimum atomic E-state index is -3.30. The highest BCUT2D eigenvalue weighted by Crippen LogP contribution is 2.19. The van der Waals surface area contributed by atoms with E-state index in [2.05, 4.69) is 9.71 Å². The third kappa shape index (κ3) is 9.37. The molecule has 80 valence electrons. The standard InChI is InChI=1S/C5H17N5O2S/c6-3-1-2-4-9-5(7)10-13(8,11)12/h11-12H,1-4,6,8H2,(H3,7,9,10). The van der Waals surface area contributed by atoms with Gasteiger partial charge in [0.1, 0.15) is 0 Å². The van der Waals surface area contributed by atoms with E-state index < -0.39 is 11.0 Å². The first kappa shape index (κ1) is 12.5. The molecule has 0 aliphatic heterocycles. The van der Waals surface area contributed by atoms with Crippen molar-refractivity contribution in [2.75, 3.05) is 13.1 Å². The van der Waals surface area contributed by atoms with Crippen molar-refractivity contribution in [1.82, 2.24) is 4.72 Å². The Bertz CT molecular complexity index is 169. The first-order valence-corrected chi connectivity index (χ1v) is 5.40. The SMILES string of the molecule is NCCCCN=C(N)NS(N)(O)O. The summed E-state index contributed by atoms with van der Waals surface area (Å²) >= 11 is 0. The number of guanidine groups is 1. The van der Waals surface area contributed by atoms with E-state index in [0.29, 0.717) is 13.1 Å². The van der Waals surface area contributed by atoms with E-state index in [1.165, 1.54) is 0 Å². The minimum absolute atomic E-state index is 0.0699. The Hall–Kier alpha value is -0.540. The molecule has 0 aromatic carbocycles. The summed E-state index contributed by atoms with van der Waals surface area (Å²) in [6.45, 7) is 1.10. The van der Waals surface area contributed by atoms with Crippen molar-refractivity contribution in [2.45, 2.75) is 12.8 Å². The summed E-state index contributed by atoms with van der Waals surface area (Å²) < 4.78 is 19.5. The fourth-order valence-corrected chi connectivity index (χ4v) is 1.01. The van der Waals surface area contributed by atoms with E-state index in [1.807, 2.05) is 0 Å². The Balaban J connectivity index is 3.63. The Morgan fingerprint density at radius 3 is 2.46 bits per heavy atom. The lowest BCUT2D eigenvalue weighted by Crippen LogP contribution is -2.37. The molecule has 8 heteroatoms. The maximum Gasteiger partial charge on any atom is 0.208 e. The van der Waals surface area contributed by atoms with Gasteiger partial charge in [0.15, 0.2) is 0 Å². The fourth-order valence-electron chi connectivity index (χ4n) is 0.642. The monoisotopic (exact) mass is 211 g/mol. The molecular formula is C5H17N5O2S. The average Bonchev–Trinajstić information content (AvgIpc) is 1.94. The van der Waals surface area contributed by atoms with Gasteiger partial charge in [-0.2, -0.15) is 0 Å². The van der Waals surface area contributed by atoms with Crippen LogP contribution < -0.4 is 21.3 Å². The average molecular weight is 211 g/mol. The van der Waals surface area contributed by atoms with Crippen molar-refractivity contribution < 1.29 is 9.11 Å². The van der Waals surface area contributed by atoms with Gasteiger partial charge in [0.05, 0.1) is 0 Å². The molecule has 0 atom stereocenters. The van der Waals surface area contributed by atoms with E-state index in [0.717, 1.165) is 12.8 Å². The Morgan fingerprint density at radius 2 is 2.00 bits per heavy atom. The molecule has 0 radical (unpaired) electrons. The molecule has 7 nitrogen and oxygen atoms in total. The van der Waals surface area contributed by atoms with Gasteiger partial charge in [0.25, 0.3) is 0 Å². The lowest BCUT2D eigenvalue weighted by Gasteiger charge is -2.26. The second-order valence-corrected chi connectivity index (χ2v) is 3.85. The van der Waals surface area contributed by atoms with Gasteiger partial charge in [0.2, 0.25) is 5.96 Å². The molecule has 0 saturated carbocycles. The summed E-state index contributed by atoms with van der Waals surface area (Å²) in [5, 5.41) is 4.87. The van der Waals surface area contributed by atoms with Crippen molar-refractivity contribution in [3.8, 4) is 0 Å². The van der Waals surface area contributed by atoms with Crippen molar-refractivity contribution in [3.05, 3.63) is 0 Å². The van der Waals surface area contributed by atoms with Crippen LogP contribution in [-0.4, -0.2) is 28.2 Å². The van der Waals surface area contributed by atoms with Crippen molar-refractivity contribution in [1.29, 1.82) is 0 Å². The molecule has 0 aliphatic rings. The number of rotatable bonds is 5. The fraction of sp³-hybridized carbons (Fsp3) is 0.800. The maximum atomic E-state index is 8.72. The van der Waals surface area contributed by atoms with Crippen LogP contribution in [0.15, 0.2) is 4.99 Å². The maximum absolute atomic E-state index is 8.72. The molecule has 0 aliphatic carbocycles. The second-order valence-electron chi connectivity index (χ2n) is 2.46. The van der Waals surface area contributed by atoms with Gasteiger partial charge in [-0.05, 0) is 19.4 Å². The highest BCUT2D eigenvalue weighted by Gasteiger charge is 2.03. The molecule has 0 aromatic heterocycles. The van der Waals surface area contributed by atoms with Crippen LogP contribution in [0.2, 0.25) is 0 Å². The predicted molar refractivity (Wildman–Crippen MR) is 54.9 cm³/mol. The topological polar surface area (TPSA) is 143 Å². The van der Waals surface area contributed by atoms with Crippen LogP contribution in [0.3, 0.4) is 0 Å². The summed E-state index contributed by atoms with van der Waals surface area (Å²) in [5.41, 5.74) is 10.5. The number of hydrogen-bond acceptors (Lipinski definition) is 5. The number of nitrogens with zero attached hydrogens (tertiary/aromatic N) is 1. The lowest BCUT2D eigenvalue weighted by atomic mass is 10.3. The van der Waals surface area contributed by atoms with Gasteiger partial charge in [-0.1, -0.05) is 11.0 Å². The van der Waals surface area contributed by atoms with Crippen molar-refractivity contribution >= 4 is 16.9 Å². The molecule has 0 heterocycles. The lowest BCUT2D eigenvalue weighted by molar-refractivity contribution is 0.483. The van der Waals surface area contributed by atoms with E-state index in [1.54, 1.807) is 0 Å². The Kier molecular flexibility index (Phi) is 5.75. The Morgan fingerprint density at radius 1 is 1.38 bits per heavy atom. The molecule has 13 heavy (non-hydrogen) atoms. The first-order chi connectivity index (χ1) is 5.95. The van der Waals surface area contributed by atoms with Crippen LogP contribution in [0, 0.1) is 0 Å². The summed E-state index contributed by atoms with van der Waals surface area (Å²) in [5.74, 6) is -0.0699. The number of nitrogens with two attached hydrogens (primary N) is 3. The van der Waals surface area contributed by atoms with Gasteiger partial charge < -0.3 is 11.5 Å². The Labute approximate surface area is 79.0 Å². The van der Waals surface area contributed by atoms with Gasteiger partial charge >= 0.3 is 0 Å². The molecule has 9 N–H and O–H groups in total. The third-order valence-corrected chi connectivity index (χ3v) is 1.66. The zero-order valence-electron chi connectivity index (χ0n) is 7.31. The van der Waals surface area contributed by atoms with Crippen molar-refractivity contribution in [3.63, 3.8) is 0 Å². The molecule has 0 unspecified atom stereocenters. The summed E-state index contributed by atoms with van der Waals surface area (Å²) in [7, 11) is -3.30. The van der Waals surface area contributed by atoms with Gasteiger partial charge in [0, 0.05) is 6.54 Å². The zero-order chi connectivity index (χ0) is 10.3. The van der Waals surface area contributed by atoms with Gasteiger partial charge in [-0.25, -0.2) is 9.86 Å². The normalized spacial score (nSPS) is 14.3. The molecule has 0 rings (SSSR count). The molecule has 0 spiro atoms. The van der Waals surface area contributed by atoms with Crippen LogP contribution in [0.1, 0.15) is 12.8 Å². The number of hydrogen-bond donors (Lipinski definition) is 6. The summed E-state index contributed by atoms with van der Waals surface area (Å²) in [6.07, 6.45) is 1.66. The second kappa shape index (κ2) is 6.00. The van der Waals surface area contributed by atoms with E-state index in [-0.39, 0.29) is 5.96 Å². The van der Waals surface area contributed by atoms with Crippen LogP contribution in [0.5, 0.6) is 0 Å². The number of aliphatic imine (C=N–C) groups is 1. The quantitative estimate of drug-likeness (QED) is 0.199. The largest absolute Gasteiger partial charge is 0.369 e. The highest BCUT2D eigenvalue weighted by atomic mass is 32.3. The molecule has 0 amide bonds. The number of unbranched alkanes of at least 4 members (excludes halogenated alkanes) is 1. The van der Waals surface area contributed by atoms with Gasteiger partial charge in [-0.15, -0.1) is 0 Å². The minimum Gasteiger partial charge on any atom is -0.369 e. The van der Waals surface area contributed by atoms with Gasteiger partial charge in [-0.3, -0.25) is 14.1 Å². The smallest absolute Gasteiger partial charge is 0.208 e. The van der Waals surface area contributed by atoms with Crippen molar-refractivity contribution in [2.24, 2.45) is 21.6 Å². The van der Waals surface area contributed by atoms with E-state index >= 15 is 0 Å². The predicted octanol–water partition coefficient (Wildman–Crippen LogP) is -0.831.